The monoisotopic (exact) mass is 168 g/mol. The average molecular weight is 168 g/mol. The molecule has 0 aliphatic carbocycles. The first-order valence-corrected chi connectivity index (χ1v) is 4.40. The highest BCUT2D eigenvalue weighted by atomic mass is 16.3. The Bertz CT molecular complexity index is 189. The highest BCUT2D eigenvalue weighted by Gasteiger charge is 2.42. The Kier molecular flexibility index (Phi) is 2.71. The van der Waals surface area contributed by atoms with E-state index in [9.17, 15) is 5.11 Å². The molecular formula is C9H16N2O. The van der Waals surface area contributed by atoms with Crippen LogP contribution in [-0.4, -0.2) is 35.2 Å². The Labute approximate surface area is 73.6 Å². The summed E-state index contributed by atoms with van der Waals surface area (Å²) >= 11 is 0. The maximum atomic E-state index is 9.83. The van der Waals surface area contributed by atoms with Crippen molar-refractivity contribution in [3.63, 3.8) is 0 Å². The number of aliphatic hydroxyl groups is 1. The van der Waals surface area contributed by atoms with Crippen molar-refractivity contribution >= 4 is 0 Å². The van der Waals surface area contributed by atoms with Crippen LogP contribution in [0.25, 0.3) is 0 Å². The minimum Gasteiger partial charge on any atom is -0.387 e. The lowest BCUT2D eigenvalue weighted by Crippen LogP contribution is -2.64. The van der Waals surface area contributed by atoms with Crippen molar-refractivity contribution < 1.29 is 5.11 Å². The molecule has 3 heteroatoms. The Morgan fingerprint density at radius 2 is 2.17 bits per heavy atom. The summed E-state index contributed by atoms with van der Waals surface area (Å²) in [6.07, 6.45) is 0.564. The first-order valence-electron chi connectivity index (χ1n) is 4.40. The summed E-state index contributed by atoms with van der Waals surface area (Å²) in [5, 5.41) is 18.2. The topological polar surface area (TPSA) is 47.3 Å². The molecule has 1 N–H and O–H groups in total. The average Bonchev–Trinajstić information content (AvgIpc) is 1.95. The summed E-state index contributed by atoms with van der Waals surface area (Å²) in [5.41, 5.74) is -0.491. The zero-order valence-electron chi connectivity index (χ0n) is 7.75. The lowest BCUT2D eigenvalue weighted by molar-refractivity contribution is -0.126. The molecule has 0 aromatic heterocycles. The van der Waals surface area contributed by atoms with E-state index in [-0.39, 0.29) is 0 Å². The highest BCUT2D eigenvalue weighted by molar-refractivity contribution is 4.98. The van der Waals surface area contributed by atoms with E-state index in [0.29, 0.717) is 12.3 Å². The summed E-state index contributed by atoms with van der Waals surface area (Å²) in [6.45, 7) is 6.31. The van der Waals surface area contributed by atoms with Gasteiger partial charge in [0.05, 0.1) is 11.7 Å². The summed E-state index contributed by atoms with van der Waals surface area (Å²) in [6, 6.07) is 2.10. The van der Waals surface area contributed by atoms with Gasteiger partial charge in [0.1, 0.15) is 0 Å². The number of β-amino-alcohol motifs (C(OH)–C–C–N with tert-alkyl or cyclic N) is 1. The number of nitrogens with zero attached hydrogens (tertiary/aromatic N) is 2. The summed E-state index contributed by atoms with van der Waals surface area (Å²) in [5.74, 6) is 0.316. The third kappa shape index (κ3) is 1.77. The van der Waals surface area contributed by atoms with Gasteiger partial charge in [-0.05, 0) is 5.92 Å². The van der Waals surface area contributed by atoms with Gasteiger partial charge in [0, 0.05) is 26.1 Å². The first kappa shape index (κ1) is 9.50. The van der Waals surface area contributed by atoms with E-state index >= 15 is 0 Å². The standard InChI is InChI=1S/C9H16N2O/c1-8(2)9(12)6-11(7-9)5-3-4-10/h8,12H,3,5-7H2,1-2H3. The van der Waals surface area contributed by atoms with Crippen LogP contribution in [0.2, 0.25) is 0 Å². The largest absolute Gasteiger partial charge is 0.387 e. The molecule has 0 unspecified atom stereocenters. The van der Waals surface area contributed by atoms with Crippen molar-refractivity contribution in [2.24, 2.45) is 5.92 Å². The SMILES string of the molecule is CC(C)C1(O)CN(CCC#N)C1. The van der Waals surface area contributed by atoms with Gasteiger partial charge < -0.3 is 5.11 Å². The van der Waals surface area contributed by atoms with Gasteiger partial charge in [-0.2, -0.15) is 5.26 Å². The van der Waals surface area contributed by atoms with Crippen LogP contribution >= 0.6 is 0 Å². The highest BCUT2D eigenvalue weighted by Crippen LogP contribution is 2.28. The summed E-state index contributed by atoms with van der Waals surface area (Å²) in [7, 11) is 0. The fourth-order valence-electron chi connectivity index (χ4n) is 1.46. The molecule has 1 aliphatic heterocycles. The number of rotatable bonds is 3. The van der Waals surface area contributed by atoms with Crippen molar-refractivity contribution in [3.8, 4) is 6.07 Å². The smallest absolute Gasteiger partial charge is 0.0922 e. The third-order valence-corrected chi connectivity index (χ3v) is 2.61. The minimum atomic E-state index is -0.491. The quantitative estimate of drug-likeness (QED) is 0.671. The van der Waals surface area contributed by atoms with Gasteiger partial charge in [0.25, 0.3) is 0 Å². The predicted molar refractivity (Wildman–Crippen MR) is 46.5 cm³/mol. The van der Waals surface area contributed by atoms with Gasteiger partial charge in [-0.25, -0.2) is 0 Å². The van der Waals surface area contributed by atoms with Crippen LogP contribution in [0.5, 0.6) is 0 Å². The molecular weight excluding hydrogens is 152 g/mol. The van der Waals surface area contributed by atoms with Gasteiger partial charge in [-0.1, -0.05) is 13.8 Å². The Morgan fingerprint density at radius 1 is 1.58 bits per heavy atom. The van der Waals surface area contributed by atoms with Gasteiger partial charge in [-0.15, -0.1) is 0 Å². The lowest BCUT2D eigenvalue weighted by Gasteiger charge is -2.49. The molecule has 0 radical (unpaired) electrons. The first-order chi connectivity index (χ1) is 5.58. The van der Waals surface area contributed by atoms with Crippen molar-refractivity contribution in [1.29, 1.82) is 5.26 Å². The number of hydrogen-bond donors (Lipinski definition) is 1. The predicted octanol–water partition coefficient (Wildman–Crippen LogP) is 0.603. The normalized spacial score (nSPS) is 21.9. The Balaban J connectivity index is 2.23. The zero-order chi connectivity index (χ0) is 9.19. The summed E-state index contributed by atoms with van der Waals surface area (Å²) < 4.78 is 0. The molecule has 0 spiro atoms. The van der Waals surface area contributed by atoms with Crippen LogP contribution in [0.4, 0.5) is 0 Å². The number of nitriles is 1. The summed E-state index contributed by atoms with van der Waals surface area (Å²) in [4.78, 5) is 2.11. The second kappa shape index (κ2) is 3.42. The molecule has 12 heavy (non-hydrogen) atoms. The van der Waals surface area contributed by atoms with Crippen molar-refractivity contribution in [2.75, 3.05) is 19.6 Å². The maximum absolute atomic E-state index is 9.83. The molecule has 1 saturated heterocycles. The van der Waals surface area contributed by atoms with E-state index in [0.717, 1.165) is 19.6 Å². The van der Waals surface area contributed by atoms with Crippen molar-refractivity contribution in [1.82, 2.24) is 4.90 Å². The van der Waals surface area contributed by atoms with Gasteiger partial charge in [0.15, 0.2) is 0 Å². The van der Waals surface area contributed by atoms with E-state index in [1.165, 1.54) is 0 Å². The second-order valence-electron chi connectivity index (χ2n) is 3.88. The Morgan fingerprint density at radius 3 is 2.58 bits per heavy atom. The van der Waals surface area contributed by atoms with E-state index < -0.39 is 5.60 Å². The van der Waals surface area contributed by atoms with Gasteiger partial charge in [-0.3, -0.25) is 4.90 Å². The van der Waals surface area contributed by atoms with Crippen LogP contribution in [0.3, 0.4) is 0 Å². The van der Waals surface area contributed by atoms with Crippen LogP contribution < -0.4 is 0 Å². The molecule has 0 aromatic rings. The number of hydrogen-bond acceptors (Lipinski definition) is 3. The lowest BCUT2D eigenvalue weighted by atomic mass is 9.83. The van der Waals surface area contributed by atoms with Gasteiger partial charge in [0.2, 0.25) is 0 Å². The van der Waals surface area contributed by atoms with E-state index in [4.69, 9.17) is 5.26 Å². The fraction of sp³-hybridized carbons (Fsp3) is 0.889. The van der Waals surface area contributed by atoms with E-state index in [2.05, 4.69) is 11.0 Å². The molecule has 0 bridgehead atoms. The molecule has 1 aliphatic rings. The zero-order valence-corrected chi connectivity index (χ0v) is 7.75. The van der Waals surface area contributed by atoms with Crippen molar-refractivity contribution in [2.45, 2.75) is 25.9 Å². The molecule has 0 saturated carbocycles. The van der Waals surface area contributed by atoms with E-state index in [1.807, 2.05) is 13.8 Å². The molecule has 68 valence electrons. The molecule has 3 nitrogen and oxygen atoms in total. The molecule has 0 atom stereocenters. The fourth-order valence-corrected chi connectivity index (χ4v) is 1.46. The maximum Gasteiger partial charge on any atom is 0.0922 e. The molecule has 1 fully saturated rings. The minimum absolute atomic E-state index is 0.316. The third-order valence-electron chi connectivity index (χ3n) is 2.61. The molecule has 1 heterocycles. The van der Waals surface area contributed by atoms with Crippen LogP contribution in [-0.2, 0) is 0 Å². The molecule has 0 aromatic carbocycles. The number of likely N-dealkylation sites (tertiary alicyclic amines) is 1. The van der Waals surface area contributed by atoms with E-state index in [1.54, 1.807) is 0 Å². The Hall–Kier alpha value is -0.590. The second-order valence-corrected chi connectivity index (χ2v) is 3.88. The van der Waals surface area contributed by atoms with Crippen LogP contribution in [0, 0.1) is 17.2 Å². The van der Waals surface area contributed by atoms with Crippen molar-refractivity contribution in [3.05, 3.63) is 0 Å². The molecule has 1 rings (SSSR count). The van der Waals surface area contributed by atoms with Crippen LogP contribution in [0.15, 0.2) is 0 Å². The van der Waals surface area contributed by atoms with Crippen LogP contribution in [0.1, 0.15) is 20.3 Å². The van der Waals surface area contributed by atoms with Gasteiger partial charge >= 0.3 is 0 Å². The molecule has 0 amide bonds.